The van der Waals surface area contributed by atoms with E-state index in [4.69, 9.17) is 9.97 Å². The average molecular weight is 821 g/mol. The number of benzene rings is 9. The first-order valence-corrected chi connectivity index (χ1v) is 24.7. The second-order valence-electron chi connectivity index (χ2n) is 17.0. The smallest absolute Gasteiger partial charge is 0.159 e. The van der Waals surface area contributed by atoms with E-state index in [0.717, 1.165) is 33.8 Å². The predicted octanol–water partition coefficient (Wildman–Crippen LogP) is 14.6. The third kappa shape index (κ3) is 7.23. The van der Waals surface area contributed by atoms with Crippen molar-refractivity contribution in [1.29, 1.82) is 0 Å². The van der Waals surface area contributed by atoms with Crippen LogP contribution < -0.4 is 10.5 Å². The Hall–Kier alpha value is -7.72. The molecule has 0 bridgehead atoms. The number of nitrogens with zero attached hydrogens (tertiary/aromatic N) is 2. The maximum atomic E-state index is 5.54. The molecule has 0 amide bonds. The summed E-state index contributed by atoms with van der Waals surface area (Å²) in [6, 6.07) is 83.2. The Kier molecular flexibility index (Phi) is 9.68. The molecule has 3 heteroatoms. The maximum Gasteiger partial charge on any atom is 0.159 e. The van der Waals surface area contributed by atoms with Crippen LogP contribution in [0.2, 0.25) is 13.1 Å². The fourth-order valence-electron chi connectivity index (χ4n) is 9.29. The normalized spacial score (nSPS) is 12.4. The van der Waals surface area contributed by atoms with Crippen LogP contribution in [0, 0.1) is 0 Å². The molecule has 0 unspecified atom stereocenters. The Morgan fingerprint density at radius 1 is 0.286 bits per heavy atom. The Labute approximate surface area is 370 Å². The van der Waals surface area contributed by atoms with Gasteiger partial charge < -0.3 is 0 Å². The van der Waals surface area contributed by atoms with Crippen LogP contribution in [0.1, 0.15) is 0 Å². The molecule has 9 aromatic carbocycles. The summed E-state index contributed by atoms with van der Waals surface area (Å²) in [4.78, 5) is 11.1. The van der Waals surface area contributed by atoms with Crippen molar-refractivity contribution >= 4 is 18.6 Å². The van der Waals surface area contributed by atoms with Gasteiger partial charge in [-0.05, 0) is 108 Å². The Balaban J connectivity index is 1.04. The van der Waals surface area contributed by atoms with Gasteiger partial charge in [-0.1, -0.05) is 213 Å². The zero-order chi connectivity index (χ0) is 42.3. The van der Waals surface area contributed by atoms with E-state index in [0.29, 0.717) is 0 Å². The highest BCUT2D eigenvalue weighted by Gasteiger charge is 2.41. The molecule has 0 spiro atoms. The van der Waals surface area contributed by atoms with Crippen LogP contribution in [0.15, 0.2) is 231 Å². The summed E-state index contributed by atoms with van der Waals surface area (Å²) < 4.78 is 0. The van der Waals surface area contributed by atoms with Crippen molar-refractivity contribution in [2.45, 2.75) is 13.1 Å². The fraction of sp³-hybridized carbons (Fsp3) is 0.0333. The van der Waals surface area contributed by atoms with Crippen molar-refractivity contribution in [2.75, 3.05) is 0 Å². The van der Waals surface area contributed by atoms with Gasteiger partial charge in [0.2, 0.25) is 0 Å². The maximum absolute atomic E-state index is 5.54. The molecule has 0 atom stereocenters. The summed E-state index contributed by atoms with van der Waals surface area (Å²) in [5.41, 5.74) is 19.7. The van der Waals surface area contributed by atoms with Gasteiger partial charge in [0.05, 0.1) is 5.69 Å². The first-order valence-electron chi connectivity index (χ1n) is 21.7. The molecular formula is C60H44N2Si. The quantitative estimate of drug-likeness (QED) is 0.143. The average Bonchev–Trinajstić information content (AvgIpc) is 3.60. The van der Waals surface area contributed by atoms with Gasteiger partial charge in [0.25, 0.3) is 0 Å². The van der Waals surface area contributed by atoms with Crippen LogP contribution in [-0.4, -0.2) is 18.0 Å². The van der Waals surface area contributed by atoms with Crippen LogP contribution in [0.3, 0.4) is 0 Å². The highest BCUT2D eigenvalue weighted by atomic mass is 28.3. The monoisotopic (exact) mass is 820 g/mol. The highest BCUT2D eigenvalue weighted by Crippen LogP contribution is 2.39. The number of rotatable bonds is 8. The first-order chi connectivity index (χ1) is 31.0. The van der Waals surface area contributed by atoms with E-state index in [1.807, 2.05) is 0 Å². The molecule has 2 nitrogen and oxygen atoms in total. The van der Waals surface area contributed by atoms with Crippen LogP contribution in [0.4, 0.5) is 0 Å². The molecule has 298 valence electrons. The lowest BCUT2D eigenvalue weighted by Gasteiger charge is -2.19. The summed E-state index contributed by atoms with van der Waals surface area (Å²) in [6.45, 7) is 4.86. The fourth-order valence-corrected chi connectivity index (χ4v) is 12.2. The number of aromatic nitrogens is 2. The SMILES string of the molecule is C[Si]1(C)c2ccccc2-c2c(-c3cccc(-c4ccccc4)c3)nc(-c3cccc(-c4cc(-c5ccc(-c6ccccc6)cc5)cc(-c5ccc(-c6ccccc6)cc5)c4)c3)nc21. The molecule has 1 aliphatic heterocycles. The molecule has 63 heavy (non-hydrogen) atoms. The molecule has 0 fully saturated rings. The Morgan fingerprint density at radius 2 is 0.635 bits per heavy atom. The standard InChI is InChI=1S/C60H44N2Si/c1-63(2)56-27-13-12-26-55(56)57-58(50-24-14-22-48(36-50)43-20-10-5-11-21-43)61-59(62-60(57)63)51-25-15-23-49(37-51)54-39-52(46-32-28-44(29-33-46)41-16-6-3-7-17-41)38-53(40-54)47-34-30-45(31-35-47)42-18-8-4-9-19-42/h3-40H,1-2H3. The van der Waals surface area contributed by atoms with Gasteiger partial charge in [-0.2, -0.15) is 0 Å². The second kappa shape index (κ2) is 16.0. The van der Waals surface area contributed by atoms with Crippen molar-refractivity contribution in [2.24, 2.45) is 0 Å². The lowest BCUT2D eigenvalue weighted by Crippen LogP contribution is -2.50. The highest BCUT2D eigenvalue weighted by molar-refractivity contribution is 7.03. The molecular weight excluding hydrogens is 777 g/mol. The largest absolute Gasteiger partial charge is 0.237 e. The minimum atomic E-state index is -2.16. The lowest BCUT2D eigenvalue weighted by molar-refractivity contribution is 1.21. The van der Waals surface area contributed by atoms with E-state index < -0.39 is 8.07 Å². The minimum absolute atomic E-state index is 0.758. The van der Waals surface area contributed by atoms with Crippen molar-refractivity contribution in [3.8, 4) is 101 Å². The third-order valence-electron chi connectivity index (χ3n) is 12.7. The Morgan fingerprint density at radius 3 is 1.17 bits per heavy atom. The molecule has 0 saturated heterocycles. The molecule has 0 saturated carbocycles. The van der Waals surface area contributed by atoms with Crippen molar-refractivity contribution < 1.29 is 0 Å². The van der Waals surface area contributed by atoms with E-state index in [9.17, 15) is 0 Å². The third-order valence-corrected chi connectivity index (χ3v) is 16.0. The summed E-state index contributed by atoms with van der Waals surface area (Å²) >= 11 is 0. The van der Waals surface area contributed by atoms with Crippen LogP contribution >= 0.6 is 0 Å². The topological polar surface area (TPSA) is 25.8 Å². The van der Waals surface area contributed by atoms with E-state index in [-0.39, 0.29) is 0 Å². The van der Waals surface area contributed by atoms with E-state index in [2.05, 4.69) is 244 Å². The Bertz CT molecular complexity index is 3160. The van der Waals surface area contributed by atoms with Gasteiger partial charge in [-0.3, -0.25) is 0 Å². The summed E-state index contributed by atoms with van der Waals surface area (Å²) in [7, 11) is -2.16. The van der Waals surface area contributed by atoms with Crippen molar-refractivity contribution in [3.63, 3.8) is 0 Å². The summed E-state index contributed by atoms with van der Waals surface area (Å²) in [5.74, 6) is 0.758. The van der Waals surface area contributed by atoms with Gasteiger partial charge in [0.1, 0.15) is 8.07 Å². The van der Waals surface area contributed by atoms with Crippen molar-refractivity contribution in [3.05, 3.63) is 231 Å². The molecule has 11 rings (SSSR count). The van der Waals surface area contributed by atoms with Gasteiger partial charge in [0, 0.05) is 22.0 Å². The second-order valence-corrected chi connectivity index (χ2v) is 21.3. The van der Waals surface area contributed by atoms with Gasteiger partial charge in [0.15, 0.2) is 5.82 Å². The van der Waals surface area contributed by atoms with Gasteiger partial charge >= 0.3 is 0 Å². The van der Waals surface area contributed by atoms with Gasteiger partial charge in [-0.25, -0.2) is 9.97 Å². The van der Waals surface area contributed by atoms with Gasteiger partial charge in [-0.15, -0.1) is 0 Å². The predicted molar refractivity (Wildman–Crippen MR) is 268 cm³/mol. The summed E-state index contributed by atoms with van der Waals surface area (Å²) in [6.07, 6.45) is 0. The molecule has 0 radical (unpaired) electrons. The number of hydrogen-bond acceptors (Lipinski definition) is 2. The zero-order valence-corrected chi connectivity index (χ0v) is 36.3. The number of hydrogen-bond donors (Lipinski definition) is 0. The van der Waals surface area contributed by atoms with Crippen LogP contribution in [0.5, 0.6) is 0 Å². The first kappa shape index (κ1) is 38.2. The van der Waals surface area contributed by atoms with E-state index in [1.54, 1.807) is 0 Å². The lowest BCUT2D eigenvalue weighted by atomic mass is 9.91. The minimum Gasteiger partial charge on any atom is -0.237 e. The molecule has 2 heterocycles. The molecule has 0 aliphatic carbocycles. The van der Waals surface area contributed by atoms with E-state index >= 15 is 0 Å². The van der Waals surface area contributed by atoms with Crippen molar-refractivity contribution in [1.82, 2.24) is 9.97 Å². The molecule has 0 N–H and O–H groups in total. The number of fused-ring (bicyclic) bond motifs is 3. The van der Waals surface area contributed by atoms with E-state index in [1.165, 1.54) is 77.3 Å². The molecule has 10 aromatic rings. The van der Waals surface area contributed by atoms with Crippen LogP contribution in [-0.2, 0) is 0 Å². The zero-order valence-electron chi connectivity index (χ0n) is 35.3. The molecule has 1 aliphatic rings. The summed E-state index contributed by atoms with van der Waals surface area (Å²) in [5, 5.41) is 2.61. The van der Waals surface area contributed by atoms with Crippen LogP contribution in [0.25, 0.3) is 101 Å². The molecule has 1 aromatic heterocycles.